The molecule has 0 saturated carbocycles. The van der Waals surface area contributed by atoms with Gasteiger partial charge < -0.3 is 4.74 Å². The fourth-order valence-electron chi connectivity index (χ4n) is 2.77. The highest BCUT2D eigenvalue weighted by atomic mass is 35.5. The van der Waals surface area contributed by atoms with Gasteiger partial charge in [-0.05, 0) is 43.3 Å². The number of hydrogen-bond donors (Lipinski definition) is 0. The Morgan fingerprint density at radius 2 is 1.85 bits per heavy atom. The molecule has 0 aliphatic carbocycles. The summed E-state index contributed by atoms with van der Waals surface area (Å²) in [5.74, 6) is 0.515. The second-order valence-electron chi connectivity index (χ2n) is 6.05. The number of carbonyl (C=O) groups excluding carboxylic acids is 1. The van der Waals surface area contributed by atoms with Gasteiger partial charge in [-0.25, -0.2) is 0 Å². The molecule has 4 rings (SSSR count). The van der Waals surface area contributed by atoms with Crippen LogP contribution in [0.4, 0.5) is 0 Å². The zero-order chi connectivity index (χ0) is 18.1. The molecule has 0 unspecified atom stereocenters. The normalized spacial score (nSPS) is 16.7. The molecule has 2 heterocycles. The number of aryl methyl sites for hydroxylation is 1. The van der Waals surface area contributed by atoms with Crippen molar-refractivity contribution >= 4 is 29.3 Å². The number of halogens is 1. The monoisotopic (exact) mass is 385 g/mol. The van der Waals surface area contributed by atoms with Gasteiger partial charge in [0.1, 0.15) is 5.25 Å². The van der Waals surface area contributed by atoms with Crippen molar-refractivity contribution in [1.82, 2.24) is 14.8 Å². The molecule has 7 heteroatoms. The summed E-state index contributed by atoms with van der Waals surface area (Å²) in [5, 5.41) is 9.81. The Balaban J connectivity index is 1.80. The Morgan fingerprint density at radius 1 is 1.12 bits per heavy atom. The van der Waals surface area contributed by atoms with E-state index >= 15 is 0 Å². The number of rotatable bonds is 4. The highest BCUT2D eigenvalue weighted by Crippen LogP contribution is 2.33. The molecule has 3 aromatic rings. The summed E-state index contributed by atoms with van der Waals surface area (Å²) in [4.78, 5) is 11.9. The number of carbonyl (C=O) groups is 1. The predicted octanol–water partition coefficient (Wildman–Crippen LogP) is 4.30. The molecule has 0 radical (unpaired) electrons. The minimum absolute atomic E-state index is 0.193. The molecule has 1 aliphatic rings. The second kappa shape index (κ2) is 7.13. The maximum atomic E-state index is 11.9. The average molecular weight is 386 g/mol. The molecule has 1 aromatic heterocycles. The highest BCUT2D eigenvalue weighted by Gasteiger charge is 2.30. The molecule has 0 bridgehead atoms. The van der Waals surface area contributed by atoms with Crippen molar-refractivity contribution in [2.45, 2.75) is 23.8 Å². The van der Waals surface area contributed by atoms with Gasteiger partial charge in [-0.15, -0.1) is 10.2 Å². The third-order valence-electron chi connectivity index (χ3n) is 4.16. The topological polar surface area (TPSA) is 57.0 Å². The SMILES string of the molecule is Cc1ccc(-n2c(S[C@@H]3CCOC3=O)nnc2-c2ccc(Cl)cc2)cc1. The lowest BCUT2D eigenvalue weighted by atomic mass is 10.2. The van der Waals surface area contributed by atoms with Crippen molar-refractivity contribution < 1.29 is 9.53 Å². The van der Waals surface area contributed by atoms with Crippen LogP contribution in [0.1, 0.15) is 12.0 Å². The van der Waals surface area contributed by atoms with E-state index in [0.29, 0.717) is 29.0 Å². The summed E-state index contributed by atoms with van der Waals surface area (Å²) < 4.78 is 7.04. The summed E-state index contributed by atoms with van der Waals surface area (Å²) in [5.41, 5.74) is 3.02. The van der Waals surface area contributed by atoms with Gasteiger partial charge in [-0.3, -0.25) is 9.36 Å². The Kier molecular flexibility index (Phi) is 4.70. The molecule has 0 N–H and O–H groups in total. The number of nitrogens with zero attached hydrogens (tertiary/aromatic N) is 3. The number of esters is 1. The molecular formula is C19H16ClN3O2S. The molecule has 1 atom stereocenters. The molecular weight excluding hydrogens is 370 g/mol. The molecule has 5 nitrogen and oxygen atoms in total. The van der Waals surface area contributed by atoms with Gasteiger partial charge in [0.05, 0.1) is 6.61 Å². The summed E-state index contributed by atoms with van der Waals surface area (Å²) in [6.07, 6.45) is 0.681. The van der Waals surface area contributed by atoms with Crippen LogP contribution in [0, 0.1) is 6.92 Å². The second-order valence-corrected chi connectivity index (χ2v) is 7.65. The van der Waals surface area contributed by atoms with Gasteiger partial charge >= 0.3 is 5.97 Å². The zero-order valence-electron chi connectivity index (χ0n) is 14.1. The Labute approximate surface area is 160 Å². The lowest BCUT2D eigenvalue weighted by molar-refractivity contribution is -0.137. The number of hydrogen-bond acceptors (Lipinski definition) is 5. The summed E-state index contributed by atoms with van der Waals surface area (Å²) in [6, 6.07) is 15.6. The van der Waals surface area contributed by atoms with Gasteiger partial charge in [-0.1, -0.05) is 41.1 Å². The summed E-state index contributed by atoms with van der Waals surface area (Å²) in [6.45, 7) is 2.50. The Bertz CT molecular complexity index is 938. The molecule has 0 spiro atoms. The molecule has 0 amide bonds. The number of thioether (sulfide) groups is 1. The van der Waals surface area contributed by atoms with Crippen LogP contribution in [0.2, 0.25) is 5.02 Å². The van der Waals surface area contributed by atoms with E-state index in [4.69, 9.17) is 16.3 Å². The molecule has 26 heavy (non-hydrogen) atoms. The van der Waals surface area contributed by atoms with Crippen molar-refractivity contribution in [2.24, 2.45) is 0 Å². The van der Waals surface area contributed by atoms with E-state index in [0.717, 1.165) is 11.3 Å². The highest BCUT2D eigenvalue weighted by molar-refractivity contribution is 8.00. The van der Waals surface area contributed by atoms with Crippen LogP contribution in [0.25, 0.3) is 17.1 Å². The van der Waals surface area contributed by atoms with Gasteiger partial charge in [0, 0.05) is 22.7 Å². The van der Waals surface area contributed by atoms with Crippen molar-refractivity contribution in [2.75, 3.05) is 6.61 Å². The first-order chi connectivity index (χ1) is 12.6. The van der Waals surface area contributed by atoms with Crippen molar-refractivity contribution in [3.63, 3.8) is 0 Å². The van der Waals surface area contributed by atoms with Crippen molar-refractivity contribution in [1.29, 1.82) is 0 Å². The van der Waals surface area contributed by atoms with Gasteiger partial charge in [-0.2, -0.15) is 0 Å². The maximum absolute atomic E-state index is 11.9. The summed E-state index contributed by atoms with van der Waals surface area (Å²) >= 11 is 7.40. The van der Waals surface area contributed by atoms with Crippen molar-refractivity contribution in [3.05, 3.63) is 59.1 Å². The zero-order valence-corrected chi connectivity index (χ0v) is 15.6. The molecule has 2 aromatic carbocycles. The standard InChI is InChI=1S/C19H16ClN3O2S/c1-12-2-8-15(9-3-12)23-17(13-4-6-14(20)7-5-13)21-22-19(23)26-16-10-11-25-18(16)24/h2-9,16H,10-11H2,1H3/t16-/m1/s1. The van der Waals surface area contributed by atoms with E-state index in [-0.39, 0.29) is 11.2 Å². The van der Waals surface area contributed by atoms with Crippen LogP contribution in [-0.2, 0) is 9.53 Å². The fourth-order valence-corrected chi connectivity index (χ4v) is 3.91. The predicted molar refractivity (Wildman–Crippen MR) is 102 cm³/mol. The number of aromatic nitrogens is 3. The van der Waals surface area contributed by atoms with Crippen LogP contribution in [0.15, 0.2) is 53.7 Å². The quantitative estimate of drug-likeness (QED) is 0.626. The van der Waals surface area contributed by atoms with Crippen LogP contribution < -0.4 is 0 Å². The van der Waals surface area contributed by atoms with Crippen LogP contribution in [0.3, 0.4) is 0 Å². The van der Waals surface area contributed by atoms with Crippen LogP contribution in [0.5, 0.6) is 0 Å². The van der Waals surface area contributed by atoms with Gasteiger partial charge in [0.2, 0.25) is 0 Å². The van der Waals surface area contributed by atoms with Crippen LogP contribution >= 0.6 is 23.4 Å². The molecule has 1 fully saturated rings. The Morgan fingerprint density at radius 3 is 2.50 bits per heavy atom. The minimum atomic E-state index is -0.249. The average Bonchev–Trinajstić information content (AvgIpc) is 3.24. The number of benzene rings is 2. The largest absolute Gasteiger partial charge is 0.465 e. The van der Waals surface area contributed by atoms with Gasteiger partial charge in [0.15, 0.2) is 11.0 Å². The van der Waals surface area contributed by atoms with E-state index in [2.05, 4.69) is 10.2 Å². The first-order valence-corrected chi connectivity index (χ1v) is 9.49. The van der Waals surface area contributed by atoms with Crippen LogP contribution in [-0.4, -0.2) is 32.6 Å². The Hall–Kier alpha value is -2.31. The third kappa shape index (κ3) is 3.34. The smallest absolute Gasteiger partial charge is 0.319 e. The number of ether oxygens (including phenoxy) is 1. The molecule has 132 valence electrons. The fraction of sp³-hybridized carbons (Fsp3) is 0.211. The number of cyclic esters (lactones) is 1. The lowest BCUT2D eigenvalue weighted by Gasteiger charge is -2.12. The van der Waals surface area contributed by atoms with Crippen molar-refractivity contribution in [3.8, 4) is 17.1 Å². The lowest BCUT2D eigenvalue weighted by Crippen LogP contribution is -2.11. The summed E-state index contributed by atoms with van der Waals surface area (Å²) in [7, 11) is 0. The first-order valence-electron chi connectivity index (χ1n) is 8.23. The molecule has 1 saturated heterocycles. The van der Waals surface area contributed by atoms with E-state index < -0.39 is 0 Å². The third-order valence-corrected chi connectivity index (χ3v) is 5.60. The van der Waals surface area contributed by atoms with Gasteiger partial charge in [0.25, 0.3) is 0 Å². The van der Waals surface area contributed by atoms with E-state index in [1.54, 1.807) is 0 Å². The van der Waals surface area contributed by atoms with E-state index in [1.807, 2.05) is 60.0 Å². The van der Waals surface area contributed by atoms with E-state index in [1.165, 1.54) is 17.3 Å². The molecule has 1 aliphatic heterocycles. The first kappa shape index (κ1) is 17.1. The maximum Gasteiger partial charge on any atom is 0.319 e. The van der Waals surface area contributed by atoms with E-state index in [9.17, 15) is 4.79 Å². The minimum Gasteiger partial charge on any atom is -0.465 e.